The second-order valence-corrected chi connectivity index (χ2v) is 5.25. The van der Waals surface area contributed by atoms with Crippen LogP contribution in [0.2, 0.25) is 0 Å². The van der Waals surface area contributed by atoms with Crippen LogP contribution >= 0.6 is 15.9 Å². The minimum absolute atomic E-state index is 0.245. The zero-order valence-electron chi connectivity index (χ0n) is 9.04. The Kier molecular flexibility index (Phi) is 3.52. The fourth-order valence-corrected chi connectivity index (χ4v) is 2.53. The topological polar surface area (TPSA) is 52.5 Å². The molecule has 0 spiro atoms. The van der Waals surface area contributed by atoms with Crippen molar-refractivity contribution in [2.45, 2.75) is 24.9 Å². The van der Waals surface area contributed by atoms with Crippen molar-refractivity contribution in [2.24, 2.45) is 0 Å². The predicted molar refractivity (Wildman–Crippen MR) is 66.6 cm³/mol. The van der Waals surface area contributed by atoms with Crippen LogP contribution in [0.4, 0.5) is 0 Å². The molecule has 1 saturated heterocycles. The number of para-hydroxylation sites is 1. The van der Waals surface area contributed by atoms with Crippen molar-refractivity contribution in [3.63, 3.8) is 0 Å². The van der Waals surface area contributed by atoms with Crippen LogP contribution in [0.1, 0.15) is 18.4 Å². The molecule has 0 atom stereocenters. The number of hydrogen-bond acceptors (Lipinski definition) is 3. The van der Waals surface area contributed by atoms with Crippen LogP contribution in [0.5, 0.6) is 5.75 Å². The average molecular weight is 286 g/mol. The Morgan fingerprint density at radius 1 is 1.31 bits per heavy atom. The summed E-state index contributed by atoms with van der Waals surface area (Å²) in [6.07, 6.45) is 1.98. The standard InChI is InChI=1S/C12H16BrNO2/c13-10-3-1-2-9(11(10)15)8-12(16)4-6-14-7-5-12/h1-3,14-16H,4-8H2. The van der Waals surface area contributed by atoms with Crippen molar-refractivity contribution < 1.29 is 10.2 Å². The van der Waals surface area contributed by atoms with Gasteiger partial charge >= 0.3 is 0 Å². The van der Waals surface area contributed by atoms with Gasteiger partial charge in [-0.2, -0.15) is 0 Å². The SMILES string of the molecule is Oc1c(Br)cccc1CC1(O)CCNCC1. The summed E-state index contributed by atoms with van der Waals surface area (Å²) in [6, 6.07) is 5.54. The monoisotopic (exact) mass is 285 g/mol. The summed E-state index contributed by atoms with van der Waals surface area (Å²) in [5, 5.41) is 23.5. The molecule has 1 aliphatic heterocycles. The first kappa shape index (κ1) is 11.9. The molecule has 1 aromatic rings. The molecule has 88 valence electrons. The number of nitrogens with one attached hydrogen (secondary N) is 1. The van der Waals surface area contributed by atoms with E-state index < -0.39 is 5.60 Å². The molecule has 0 bridgehead atoms. The molecular formula is C12H16BrNO2. The fraction of sp³-hybridized carbons (Fsp3) is 0.500. The number of phenols is 1. The van der Waals surface area contributed by atoms with E-state index in [0.29, 0.717) is 10.9 Å². The van der Waals surface area contributed by atoms with E-state index in [9.17, 15) is 10.2 Å². The van der Waals surface area contributed by atoms with Crippen LogP contribution in [0.3, 0.4) is 0 Å². The summed E-state index contributed by atoms with van der Waals surface area (Å²) >= 11 is 3.28. The first-order valence-corrected chi connectivity index (χ1v) is 6.29. The van der Waals surface area contributed by atoms with Crippen LogP contribution in [0, 0.1) is 0 Å². The van der Waals surface area contributed by atoms with E-state index in [-0.39, 0.29) is 5.75 Å². The van der Waals surface area contributed by atoms with Gasteiger partial charge in [-0.05, 0) is 53.5 Å². The van der Waals surface area contributed by atoms with Gasteiger partial charge in [0.15, 0.2) is 0 Å². The molecule has 3 nitrogen and oxygen atoms in total. The molecule has 1 heterocycles. The quantitative estimate of drug-likeness (QED) is 0.777. The Morgan fingerprint density at radius 3 is 2.69 bits per heavy atom. The largest absolute Gasteiger partial charge is 0.506 e. The van der Waals surface area contributed by atoms with Gasteiger partial charge in [-0.15, -0.1) is 0 Å². The van der Waals surface area contributed by atoms with Gasteiger partial charge in [-0.25, -0.2) is 0 Å². The lowest BCUT2D eigenvalue weighted by Gasteiger charge is -2.32. The van der Waals surface area contributed by atoms with Crippen LogP contribution in [0.25, 0.3) is 0 Å². The molecular weight excluding hydrogens is 270 g/mol. The van der Waals surface area contributed by atoms with Crippen molar-refractivity contribution >= 4 is 15.9 Å². The first-order valence-electron chi connectivity index (χ1n) is 5.50. The zero-order chi connectivity index (χ0) is 11.6. The number of aromatic hydroxyl groups is 1. The molecule has 0 amide bonds. The Morgan fingerprint density at radius 2 is 2.00 bits per heavy atom. The van der Waals surface area contributed by atoms with E-state index in [4.69, 9.17) is 0 Å². The van der Waals surface area contributed by atoms with Gasteiger partial charge in [0.2, 0.25) is 0 Å². The molecule has 16 heavy (non-hydrogen) atoms. The van der Waals surface area contributed by atoms with Gasteiger partial charge in [0.25, 0.3) is 0 Å². The summed E-state index contributed by atoms with van der Waals surface area (Å²) in [5.41, 5.74) is 0.127. The maximum atomic E-state index is 10.4. The van der Waals surface area contributed by atoms with E-state index in [1.54, 1.807) is 6.07 Å². The second kappa shape index (κ2) is 4.73. The fourth-order valence-electron chi connectivity index (χ4n) is 2.13. The lowest BCUT2D eigenvalue weighted by Crippen LogP contribution is -2.43. The minimum Gasteiger partial charge on any atom is -0.506 e. The van der Waals surface area contributed by atoms with Crippen molar-refractivity contribution in [1.29, 1.82) is 0 Å². The highest BCUT2D eigenvalue weighted by Crippen LogP contribution is 2.32. The molecule has 1 fully saturated rings. The third-order valence-corrected chi connectivity index (χ3v) is 3.76. The lowest BCUT2D eigenvalue weighted by atomic mass is 9.86. The van der Waals surface area contributed by atoms with Crippen LogP contribution in [-0.2, 0) is 6.42 Å². The number of benzene rings is 1. The molecule has 0 aromatic heterocycles. The molecule has 0 aliphatic carbocycles. The molecule has 3 N–H and O–H groups in total. The van der Waals surface area contributed by atoms with Gasteiger partial charge in [-0.1, -0.05) is 12.1 Å². The highest BCUT2D eigenvalue weighted by Gasteiger charge is 2.30. The zero-order valence-corrected chi connectivity index (χ0v) is 10.6. The number of halogens is 1. The van der Waals surface area contributed by atoms with E-state index in [2.05, 4.69) is 21.2 Å². The predicted octanol–water partition coefficient (Wildman–Crippen LogP) is 1.81. The normalized spacial score (nSPS) is 19.6. The van der Waals surface area contributed by atoms with Crippen molar-refractivity contribution in [1.82, 2.24) is 5.32 Å². The maximum absolute atomic E-state index is 10.4. The van der Waals surface area contributed by atoms with Crippen molar-refractivity contribution in [2.75, 3.05) is 13.1 Å². The van der Waals surface area contributed by atoms with Crippen LogP contribution in [0.15, 0.2) is 22.7 Å². The van der Waals surface area contributed by atoms with Gasteiger partial charge in [-0.3, -0.25) is 0 Å². The van der Waals surface area contributed by atoms with E-state index in [1.165, 1.54) is 0 Å². The lowest BCUT2D eigenvalue weighted by molar-refractivity contribution is 0.0104. The Hall–Kier alpha value is -0.580. The number of aliphatic hydroxyl groups is 1. The molecule has 2 rings (SSSR count). The molecule has 0 saturated carbocycles. The van der Waals surface area contributed by atoms with Gasteiger partial charge in [0.1, 0.15) is 5.75 Å². The minimum atomic E-state index is -0.677. The summed E-state index contributed by atoms with van der Waals surface area (Å²) < 4.78 is 0.683. The van der Waals surface area contributed by atoms with Crippen LogP contribution in [-0.4, -0.2) is 28.9 Å². The van der Waals surface area contributed by atoms with Crippen LogP contribution < -0.4 is 5.32 Å². The number of piperidine rings is 1. The van der Waals surface area contributed by atoms with Gasteiger partial charge < -0.3 is 15.5 Å². The molecule has 4 heteroatoms. The Bertz CT molecular complexity index is 375. The van der Waals surface area contributed by atoms with Gasteiger partial charge in [0.05, 0.1) is 10.1 Å². The van der Waals surface area contributed by atoms with E-state index in [0.717, 1.165) is 31.5 Å². The van der Waals surface area contributed by atoms with Crippen molar-refractivity contribution in [3.05, 3.63) is 28.2 Å². The average Bonchev–Trinajstić information content (AvgIpc) is 2.26. The molecule has 0 unspecified atom stereocenters. The summed E-state index contributed by atoms with van der Waals surface area (Å²) in [5.74, 6) is 0.245. The van der Waals surface area contributed by atoms with Gasteiger partial charge in [0, 0.05) is 6.42 Å². The summed E-state index contributed by atoms with van der Waals surface area (Å²) in [7, 11) is 0. The molecule has 0 radical (unpaired) electrons. The third-order valence-electron chi connectivity index (χ3n) is 3.12. The number of hydrogen-bond donors (Lipinski definition) is 3. The summed E-state index contributed by atoms with van der Waals surface area (Å²) in [6.45, 7) is 1.68. The smallest absolute Gasteiger partial charge is 0.133 e. The number of rotatable bonds is 2. The number of phenolic OH excluding ortho intramolecular Hbond substituents is 1. The van der Waals surface area contributed by atoms with Crippen molar-refractivity contribution in [3.8, 4) is 5.75 Å². The highest BCUT2D eigenvalue weighted by molar-refractivity contribution is 9.10. The molecule has 1 aromatic carbocycles. The Labute approximate surface area is 104 Å². The van der Waals surface area contributed by atoms with E-state index in [1.807, 2.05) is 12.1 Å². The highest BCUT2D eigenvalue weighted by atomic mass is 79.9. The third kappa shape index (κ3) is 2.56. The first-order chi connectivity index (χ1) is 7.61. The maximum Gasteiger partial charge on any atom is 0.133 e. The Balaban J connectivity index is 2.16. The summed E-state index contributed by atoms with van der Waals surface area (Å²) in [4.78, 5) is 0. The second-order valence-electron chi connectivity index (χ2n) is 4.40. The van der Waals surface area contributed by atoms with E-state index >= 15 is 0 Å². The molecule has 1 aliphatic rings.